The van der Waals surface area contributed by atoms with Crippen molar-refractivity contribution < 1.29 is 19.1 Å². The maximum Gasteiger partial charge on any atom is 0.320 e. The van der Waals surface area contributed by atoms with E-state index in [9.17, 15) is 14.4 Å². The lowest BCUT2D eigenvalue weighted by Gasteiger charge is -2.48. The molecule has 0 N–H and O–H groups in total. The van der Waals surface area contributed by atoms with Gasteiger partial charge in [-0.15, -0.1) is 11.3 Å². The van der Waals surface area contributed by atoms with Crippen LogP contribution in [0.5, 0.6) is 5.75 Å². The van der Waals surface area contributed by atoms with Gasteiger partial charge in [0, 0.05) is 88.5 Å². The first kappa shape index (κ1) is 26.8. The number of benzene rings is 1. The molecule has 1 aromatic carbocycles. The number of rotatable bonds is 5. The van der Waals surface area contributed by atoms with E-state index in [0.29, 0.717) is 49.3 Å². The summed E-state index contributed by atoms with van der Waals surface area (Å²) in [5.41, 5.74) is 0.668. The highest BCUT2D eigenvalue weighted by atomic mass is 127. The number of carbonyl (C=O) groups is 3. The van der Waals surface area contributed by atoms with Crippen molar-refractivity contribution in [3.8, 4) is 5.75 Å². The molecular formula is C27H33IN6O4S. The minimum atomic E-state index is -0.0277. The van der Waals surface area contributed by atoms with Gasteiger partial charge < -0.3 is 24.3 Å². The summed E-state index contributed by atoms with van der Waals surface area (Å²) in [5.74, 6) is 0.814. The van der Waals surface area contributed by atoms with Crippen LogP contribution in [0.25, 0.3) is 0 Å². The molecule has 0 radical (unpaired) electrons. The summed E-state index contributed by atoms with van der Waals surface area (Å²) < 4.78 is 7.15. The topological polar surface area (TPSA) is 89.5 Å². The number of hydrogen-bond donors (Lipinski definition) is 0. The second-order valence-electron chi connectivity index (χ2n) is 10.6. The number of nitrogens with zero attached hydrogens (tertiary/aromatic N) is 6. The largest absolute Gasteiger partial charge is 0.487 e. The molecule has 208 valence electrons. The number of piperazine rings is 1. The third-order valence-electron chi connectivity index (χ3n) is 8.15. The van der Waals surface area contributed by atoms with Crippen molar-refractivity contribution in [1.29, 1.82) is 0 Å². The fourth-order valence-electron chi connectivity index (χ4n) is 5.80. The highest BCUT2D eigenvalue weighted by Crippen LogP contribution is 2.28. The lowest BCUT2D eigenvalue weighted by Crippen LogP contribution is -2.64. The molecule has 4 saturated heterocycles. The zero-order valence-electron chi connectivity index (χ0n) is 21.8. The summed E-state index contributed by atoms with van der Waals surface area (Å²) in [6.45, 7) is 7.46. The number of halogens is 1. The van der Waals surface area contributed by atoms with Gasteiger partial charge >= 0.3 is 6.03 Å². The van der Waals surface area contributed by atoms with Crippen molar-refractivity contribution >= 4 is 51.8 Å². The number of urea groups is 1. The van der Waals surface area contributed by atoms with Gasteiger partial charge in [-0.3, -0.25) is 14.5 Å². The number of amides is 4. The second kappa shape index (κ2) is 11.6. The third-order valence-corrected chi connectivity index (χ3v) is 9.75. The molecule has 39 heavy (non-hydrogen) atoms. The molecule has 4 fully saturated rings. The first-order valence-electron chi connectivity index (χ1n) is 13.7. The van der Waals surface area contributed by atoms with E-state index in [-0.39, 0.29) is 23.9 Å². The Kier molecular flexibility index (Phi) is 7.94. The molecule has 4 aliphatic rings. The first-order valence-corrected chi connectivity index (χ1v) is 15.6. The molecule has 0 bridgehead atoms. The zero-order chi connectivity index (χ0) is 26.9. The average Bonchev–Trinajstić information content (AvgIpc) is 3.72. The van der Waals surface area contributed by atoms with E-state index < -0.39 is 0 Å². The van der Waals surface area contributed by atoms with Crippen LogP contribution in [0.15, 0.2) is 29.8 Å². The van der Waals surface area contributed by atoms with Crippen LogP contribution in [0.2, 0.25) is 0 Å². The van der Waals surface area contributed by atoms with Crippen LogP contribution in [-0.4, -0.2) is 125 Å². The van der Waals surface area contributed by atoms with Crippen molar-refractivity contribution in [2.24, 2.45) is 0 Å². The Labute approximate surface area is 246 Å². The first-order chi connectivity index (χ1) is 19.0. The minimum absolute atomic E-state index is 0.0120. The summed E-state index contributed by atoms with van der Waals surface area (Å²) in [6, 6.07) is 6.10. The molecule has 6 rings (SSSR count). The lowest BCUT2D eigenvalue weighted by molar-refractivity contribution is 0.00852. The second-order valence-corrected chi connectivity index (χ2v) is 12.7. The average molecular weight is 665 g/mol. The Morgan fingerprint density at radius 2 is 1.64 bits per heavy atom. The van der Waals surface area contributed by atoms with Crippen LogP contribution in [-0.2, 0) is 0 Å². The Morgan fingerprint density at radius 3 is 2.33 bits per heavy atom. The lowest BCUT2D eigenvalue weighted by atomic mass is 10.0. The predicted molar refractivity (Wildman–Crippen MR) is 155 cm³/mol. The van der Waals surface area contributed by atoms with E-state index in [2.05, 4.69) is 32.5 Å². The van der Waals surface area contributed by atoms with Gasteiger partial charge in [0.05, 0.1) is 10.1 Å². The quantitative estimate of drug-likeness (QED) is 0.457. The molecule has 1 atom stereocenters. The summed E-state index contributed by atoms with van der Waals surface area (Å²) in [5, 5.41) is 2.38. The summed E-state index contributed by atoms with van der Waals surface area (Å²) in [7, 11) is 0. The molecule has 2 aromatic rings. The Bertz CT molecular complexity index is 1210. The molecule has 5 heterocycles. The number of likely N-dealkylation sites (tertiary alicyclic amines) is 3. The number of hydrogen-bond acceptors (Lipinski definition) is 7. The summed E-state index contributed by atoms with van der Waals surface area (Å²) in [6.07, 6.45) is 4.64. The third kappa shape index (κ3) is 5.73. The van der Waals surface area contributed by atoms with Gasteiger partial charge in [0.15, 0.2) is 5.01 Å². The van der Waals surface area contributed by atoms with Gasteiger partial charge in [-0.05, 0) is 53.6 Å². The van der Waals surface area contributed by atoms with Crippen molar-refractivity contribution in [3.63, 3.8) is 0 Å². The fourth-order valence-corrected chi connectivity index (χ4v) is 7.05. The van der Waals surface area contributed by atoms with Gasteiger partial charge in [0.25, 0.3) is 11.8 Å². The number of thiazole rings is 1. The van der Waals surface area contributed by atoms with Crippen LogP contribution >= 0.6 is 33.9 Å². The molecule has 0 saturated carbocycles. The van der Waals surface area contributed by atoms with Crippen molar-refractivity contribution in [3.05, 3.63) is 43.9 Å². The zero-order valence-corrected chi connectivity index (χ0v) is 24.8. The van der Waals surface area contributed by atoms with E-state index in [1.54, 1.807) is 6.20 Å². The maximum atomic E-state index is 13.1. The van der Waals surface area contributed by atoms with Gasteiger partial charge in [0.1, 0.15) is 11.9 Å². The number of aromatic nitrogens is 1. The minimum Gasteiger partial charge on any atom is -0.487 e. The summed E-state index contributed by atoms with van der Waals surface area (Å²) >= 11 is 3.61. The molecular weight excluding hydrogens is 631 g/mol. The van der Waals surface area contributed by atoms with Gasteiger partial charge in [-0.25, -0.2) is 9.78 Å². The van der Waals surface area contributed by atoms with E-state index in [0.717, 1.165) is 61.3 Å². The smallest absolute Gasteiger partial charge is 0.320 e. The molecule has 1 aromatic heterocycles. The van der Waals surface area contributed by atoms with Crippen molar-refractivity contribution in [2.75, 3.05) is 65.4 Å². The molecule has 0 unspecified atom stereocenters. The van der Waals surface area contributed by atoms with Crippen molar-refractivity contribution in [1.82, 2.24) is 29.5 Å². The van der Waals surface area contributed by atoms with E-state index >= 15 is 0 Å². The Morgan fingerprint density at radius 1 is 0.872 bits per heavy atom. The van der Waals surface area contributed by atoms with Gasteiger partial charge in [-0.2, -0.15) is 0 Å². The number of ether oxygens (including phenoxy) is 1. The molecule has 4 amide bonds. The van der Waals surface area contributed by atoms with E-state index in [4.69, 9.17) is 4.74 Å². The van der Waals surface area contributed by atoms with Crippen LogP contribution < -0.4 is 4.74 Å². The molecule has 12 heteroatoms. The molecule has 4 aliphatic heterocycles. The molecule has 0 aliphatic carbocycles. The summed E-state index contributed by atoms with van der Waals surface area (Å²) in [4.78, 5) is 52.5. The Balaban J connectivity index is 0.962. The standard InChI is InChI=1S/C27H33IN6O4S/c28-22-15-19(3-4-23(22)38-21-5-9-33(18-21)27(37)32-7-1-2-8-32)25(35)34-16-20(17-34)30-10-12-31(13-11-30)26(36)24-29-6-14-39-24/h3-4,6,14-15,20-21H,1-2,5,7-13,16-18H2/t21-/m0/s1. The monoisotopic (exact) mass is 664 g/mol. The highest BCUT2D eigenvalue weighted by molar-refractivity contribution is 14.1. The van der Waals surface area contributed by atoms with E-state index in [1.807, 2.05) is 43.2 Å². The fraction of sp³-hybridized carbons (Fsp3) is 0.556. The SMILES string of the molecule is O=C(c1ccc(O[C@H]2CCN(C(=O)N3CCCC3)C2)c(I)c1)N1CC(N2CCN(C(=O)c3nccs3)CC2)C1. The normalized spacial score (nSPS) is 22.3. The van der Waals surface area contributed by atoms with Gasteiger partial charge in [-0.1, -0.05) is 0 Å². The van der Waals surface area contributed by atoms with Crippen LogP contribution in [0, 0.1) is 3.57 Å². The van der Waals surface area contributed by atoms with Crippen LogP contribution in [0.1, 0.15) is 39.4 Å². The molecule has 0 spiro atoms. The highest BCUT2D eigenvalue weighted by Gasteiger charge is 2.37. The Hall–Kier alpha value is -2.45. The molecule has 10 nitrogen and oxygen atoms in total. The maximum absolute atomic E-state index is 13.1. The van der Waals surface area contributed by atoms with Crippen LogP contribution in [0.3, 0.4) is 0 Å². The van der Waals surface area contributed by atoms with Crippen molar-refractivity contribution in [2.45, 2.75) is 31.4 Å². The van der Waals surface area contributed by atoms with Gasteiger partial charge in [0.2, 0.25) is 0 Å². The van der Waals surface area contributed by atoms with Crippen LogP contribution in [0.4, 0.5) is 4.79 Å². The number of carbonyl (C=O) groups excluding carboxylic acids is 3. The predicted octanol–water partition coefficient (Wildman–Crippen LogP) is 2.70. The van der Waals surface area contributed by atoms with E-state index in [1.165, 1.54) is 11.3 Å².